The first-order chi connectivity index (χ1) is 10.3. The van der Waals surface area contributed by atoms with Gasteiger partial charge in [-0.2, -0.15) is 0 Å². The maximum atomic E-state index is 5.85. The molecule has 0 aliphatic carbocycles. The summed E-state index contributed by atoms with van der Waals surface area (Å²) in [5.41, 5.74) is 1.06. The van der Waals surface area contributed by atoms with Gasteiger partial charge >= 0.3 is 0 Å². The highest BCUT2D eigenvalue weighted by molar-refractivity contribution is 9.10. The van der Waals surface area contributed by atoms with E-state index < -0.39 is 0 Å². The van der Waals surface area contributed by atoms with Gasteiger partial charge in [0, 0.05) is 19.3 Å². The standard InChI is InChI=1S/C16H20BrN3O/c1-3-10-18-15-13(17)11-19-16(20-15)14(21-4-2)12-8-6-5-7-9-12/h5-9,11,14H,3-4,10H2,1-2H3,(H,18,19,20). The van der Waals surface area contributed by atoms with E-state index in [4.69, 9.17) is 4.74 Å². The number of aromatic nitrogens is 2. The van der Waals surface area contributed by atoms with Crippen molar-refractivity contribution in [2.75, 3.05) is 18.5 Å². The van der Waals surface area contributed by atoms with Crippen LogP contribution >= 0.6 is 15.9 Å². The van der Waals surface area contributed by atoms with Crippen LogP contribution in [0.4, 0.5) is 5.82 Å². The lowest BCUT2D eigenvalue weighted by Crippen LogP contribution is -2.12. The van der Waals surface area contributed by atoms with Gasteiger partial charge in [-0.15, -0.1) is 0 Å². The summed E-state index contributed by atoms with van der Waals surface area (Å²) in [6.07, 6.45) is 2.57. The first kappa shape index (κ1) is 15.9. The van der Waals surface area contributed by atoms with E-state index >= 15 is 0 Å². The Morgan fingerprint density at radius 3 is 2.67 bits per heavy atom. The summed E-state index contributed by atoms with van der Waals surface area (Å²) < 4.78 is 6.71. The SMILES string of the molecule is CCCNc1nc(C(OCC)c2ccccc2)ncc1Br. The zero-order valence-corrected chi connectivity index (χ0v) is 13.9. The number of benzene rings is 1. The van der Waals surface area contributed by atoms with Crippen molar-refractivity contribution in [2.45, 2.75) is 26.4 Å². The lowest BCUT2D eigenvalue weighted by Gasteiger charge is -2.17. The second kappa shape index (κ2) is 8.10. The fourth-order valence-corrected chi connectivity index (χ4v) is 2.32. The van der Waals surface area contributed by atoms with Crippen LogP contribution in [0.5, 0.6) is 0 Å². The van der Waals surface area contributed by atoms with E-state index in [2.05, 4.69) is 38.1 Å². The van der Waals surface area contributed by atoms with Crippen LogP contribution in [0.1, 0.15) is 37.8 Å². The topological polar surface area (TPSA) is 47.0 Å². The van der Waals surface area contributed by atoms with Gasteiger partial charge in [-0.1, -0.05) is 37.3 Å². The fraction of sp³-hybridized carbons (Fsp3) is 0.375. The molecule has 2 aromatic rings. The highest BCUT2D eigenvalue weighted by Gasteiger charge is 2.18. The van der Waals surface area contributed by atoms with Gasteiger partial charge in [-0.3, -0.25) is 0 Å². The van der Waals surface area contributed by atoms with E-state index in [-0.39, 0.29) is 6.10 Å². The van der Waals surface area contributed by atoms with Gasteiger partial charge in [0.15, 0.2) is 5.82 Å². The molecule has 112 valence electrons. The zero-order valence-electron chi connectivity index (χ0n) is 12.3. The van der Waals surface area contributed by atoms with Crippen LogP contribution in [-0.4, -0.2) is 23.1 Å². The third-order valence-corrected chi connectivity index (χ3v) is 3.56. The maximum absolute atomic E-state index is 5.85. The number of rotatable bonds is 7. The predicted octanol–water partition coefficient (Wildman–Crippen LogP) is 4.19. The third-order valence-electron chi connectivity index (χ3n) is 2.98. The fourth-order valence-electron chi connectivity index (χ4n) is 1.99. The summed E-state index contributed by atoms with van der Waals surface area (Å²) in [5.74, 6) is 1.48. The molecular weight excluding hydrogens is 330 g/mol. The molecule has 1 atom stereocenters. The van der Waals surface area contributed by atoms with Crippen molar-refractivity contribution >= 4 is 21.7 Å². The van der Waals surface area contributed by atoms with E-state index in [1.54, 1.807) is 6.20 Å². The van der Waals surface area contributed by atoms with Gasteiger partial charge in [0.1, 0.15) is 11.9 Å². The van der Waals surface area contributed by atoms with Crippen molar-refractivity contribution in [3.05, 3.63) is 52.4 Å². The molecule has 5 heteroatoms. The molecule has 0 saturated carbocycles. The Labute approximate surface area is 134 Å². The zero-order chi connectivity index (χ0) is 15.1. The molecule has 0 radical (unpaired) electrons. The molecule has 0 aliphatic rings. The monoisotopic (exact) mass is 349 g/mol. The smallest absolute Gasteiger partial charge is 0.164 e. The maximum Gasteiger partial charge on any atom is 0.164 e. The van der Waals surface area contributed by atoms with E-state index in [1.807, 2.05) is 37.3 Å². The van der Waals surface area contributed by atoms with Crippen LogP contribution < -0.4 is 5.32 Å². The molecule has 0 aliphatic heterocycles. The summed E-state index contributed by atoms with van der Waals surface area (Å²) in [5, 5.41) is 3.30. The largest absolute Gasteiger partial charge is 0.369 e. The average molecular weight is 350 g/mol. The highest BCUT2D eigenvalue weighted by Crippen LogP contribution is 2.26. The van der Waals surface area contributed by atoms with Crippen molar-refractivity contribution < 1.29 is 4.74 Å². The average Bonchev–Trinajstić information content (AvgIpc) is 2.53. The van der Waals surface area contributed by atoms with E-state index in [9.17, 15) is 0 Å². The van der Waals surface area contributed by atoms with Crippen LogP contribution in [0.25, 0.3) is 0 Å². The number of ether oxygens (including phenoxy) is 1. The Morgan fingerprint density at radius 1 is 1.24 bits per heavy atom. The first-order valence-electron chi connectivity index (χ1n) is 7.19. The molecule has 0 amide bonds. The lowest BCUT2D eigenvalue weighted by molar-refractivity contribution is 0.0852. The summed E-state index contributed by atoms with van der Waals surface area (Å²) in [4.78, 5) is 9.03. The van der Waals surface area contributed by atoms with Gasteiger partial charge in [0.2, 0.25) is 0 Å². The number of halogens is 1. The lowest BCUT2D eigenvalue weighted by atomic mass is 10.1. The van der Waals surface area contributed by atoms with Gasteiger partial charge in [-0.05, 0) is 34.8 Å². The molecule has 0 saturated heterocycles. The third kappa shape index (κ3) is 4.25. The van der Waals surface area contributed by atoms with Crippen LogP contribution in [0, 0.1) is 0 Å². The Kier molecular flexibility index (Phi) is 6.14. The second-order valence-corrected chi connectivity index (χ2v) is 5.45. The van der Waals surface area contributed by atoms with Crippen molar-refractivity contribution in [2.24, 2.45) is 0 Å². The van der Waals surface area contributed by atoms with Crippen LogP contribution in [0.2, 0.25) is 0 Å². The minimum atomic E-state index is -0.244. The first-order valence-corrected chi connectivity index (χ1v) is 7.98. The van der Waals surface area contributed by atoms with Crippen molar-refractivity contribution in [1.82, 2.24) is 9.97 Å². The molecule has 0 spiro atoms. The van der Waals surface area contributed by atoms with Crippen LogP contribution in [0.3, 0.4) is 0 Å². The molecule has 2 rings (SSSR count). The number of anilines is 1. The Bertz CT molecular complexity index is 563. The van der Waals surface area contributed by atoms with Gasteiger partial charge in [-0.25, -0.2) is 9.97 Å². The molecular formula is C16H20BrN3O. The number of nitrogens with one attached hydrogen (secondary N) is 1. The number of hydrogen-bond acceptors (Lipinski definition) is 4. The Morgan fingerprint density at radius 2 is 2.00 bits per heavy atom. The highest BCUT2D eigenvalue weighted by atomic mass is 79.9. The normalized spacial score (nSPS) is 12.1. The number of hydrogen-bond donors (Lipinski definition) is 1. The Balaban J connectivity index is 2.32. The quantitative estimate of drug-likeness (QED) is 0.814. The molecule has 1 aromatic carbocycles. The van der Waals surface area contributed by atoms with E-state index in [1.165, 1.54) is 0 Å². The minimum absolute atomic E-state index is 0.244. The molecule has 1 unspecified atom stereocenters. The predicted molar refractivity (Wildman–Crippen MR) is 88.4 cm³/mol. The summed E-state index contributed by atoms with van der Waals surface area (Å²) in [7, 11) is 0. The van der Waals surface area contributed by atoms with Crippen molar-refractivity contribution in [3.63, 3.8) is 0 Å². The molecule has 0 fully saturated rings. The van der Waals surface area contributed by atoms with E-state index in [0.29, 0.717) is 12.4 Å². The van der Waals surface area contributed by atoms with Crippen LogP contribution in [-0.2, 0) is 4.74 Å². The molecule has 1 heterocycles. The second-order valence-electron chi connectivity index (χ2n) is 4.60. The summed E-state index contributed by atoms with van der Waals surface area (Å²) in [6.45, 7) is 5.58. The molecule has 0 bridgehead atoms. The van der Waals surface area contributed by atoms with Crippen molar-refractivity contribution in [1.29, 1.82) is 0 Å². The summed E-state index contributed by atoms with van der Waals surface area (Å²) in [6, 6.07) is 10.0. The van der Waals surface area contributed by atoms with Crippen molar-refractivity contribution in [3.8, 4) is 0 Å². The molecule has 1 N–H and O–H groups in total. The molecule has 21 heavy (non-hydrogen) atoms. The number of nitrogens with zero attached hydrogens (tertiary/aromatic N) is 2. The Hall–Kier alpha value is -1.46. The van der Waals surface area contributed by atoms with Gasteiger partial charge < -0.3 is 10.1 Å². The van der Waals surface area contributed by atoms with E-state index in [0.717, 1.165) is 28.8 Å². The minimum Gasteiger partial charge on any atom is -0.369 e. The van der Waals surface area contributed by atoms with Gasteiger partial charge in [0.25, 0.3) is 0 Å². The molecule has 1 aromatic heterocycles. The molecule has 4 nitrogen and oxygen atoms in total. The summed E-state index contributed by atoms with van der Waals surface area (Å²) >= 11 is 3.48. The van der Waals surface area contributed by atoms with Gasteiger partial charge in [0.05, 0.1) is 4.47 Å². The van der Waals surface area contributed by atoms with Crippen LogP contribution in [0.15, 0.2) is 41.0 Å².